The molecular weight excluding hydrogens is 352 g/mol. The number of aromatic nitrogens is 5. The van der Waals surface area contributed by atoms with Gasteiger partial charge in [0.25, 0.3) is 5.56 Å². The van der Waals surface area contributed by atoms with Crippen LogP contribution in [0.2, 0.25) is 0 Å². The van der Waals surface area contributed by atoms with E-state index in [9.17, 15) is 4.79 Å². The van der Waals surface area contributed by atoms with Crippen LogP contribution < -0.4 is 10.9 Å². The summed E-state index contributed by atoms with van der Waals surface area (Å²) in [4.78, 5) is 17.5. The molecule has 1 N–H and O–H groups in total. The summed E-state index contributed by atoms with van der Waals surface area (Å²) in [5.41, 5.74) is 5.66. The molecule has 0 atom stereocenters. The largest absolute Gasteiger partial charge is 0.332 e. The molecule has 0 fully saturated rings. The summed E-state index contributed by atoms with van der Waals surface area (Å²) in [6.07, 6.45) is 2.74. The zero-order valence-electron chi connectivity index (χ0n) is 15.8. The van der Waals surface area contributed by atoms with E-state index in [1.165, 1.54) is 11.3 Å². The van der Waals surface area contributed by atoms with Gasteiger partial charge in [-0.05, 0) is 42.8 Å². The molecule has 7 heteroatoms. The number of pyridine rings is 2. The van der Waals surface area contributed by atoms with E-state index in [-0.39, 0.29) is 5.56 Å². The smallest absolute Gasteiger partial charge is 0.256 e. The Bertz CT molecular complexity index is 1250. The highest BCUT2D eigenvalue weighted by molar-refractivity contribution is 5.83. The van der Waals surface area contributed by atoms with Gasteiger partial charge < -0.3 is 9.88 Å². The first kappa shape index (κ1) is 16.8. The second-order valence-corrected chi connectivity index (χ2v) is 7.14. The summed E-state index contributed by atoms with van der Waals surface area (Å²) in [6.45, 7) is 3.72. The molecule has 0 aromatic carbocycles. The topological polar surface area (TPSA) is 77.6 Å². The Morgan fingerprint density at radius 1 is 1.11 bits per heavy atom. The lowest BCUT2D eigenvalue weighted by atomic mass is 10.1. The molecule has 0 unspecified atom stereocenters. The highest BCUT2D eigenvalue weighted by Gasteiger charge is 2.19. The van der Waals surface area contributed by atoms with Crippen LogP contribution in [0.15, 0.2) is 47.4 Å². The van der Waals surface area contributed by atoms with E-state index in [0.29, 0.717) is 11.5 Å². The number of aryl methyl sites for hydroxylation is 2. The Morgan fingerprint density at radius 3 is 2.79 bits per heavy atom. The van der Waals surface area contributed by atoms with Crippen LogP contribution in [0.3, 0.4) is 0 Å². The standard InChI is InChI=1S/C21H20N6O/c1-13-3-5-17(25-24-13)14-8-10-27(20(28)11-14)19-6-4-15-16-12-22-9-7-18(16)26(2)21(15)23-19/h3-6,8,10-11,22H,7,9,12H2,1-2H3. The molecule has 0 bridgehead atoms. The molecule has 4 aromatic rings. The van der Waals surface area contributed by atoms with Gasteiger partial charge in [-0.1, -0.05) is 0 Å². The van der Waals surface area contributed by atoms with Crippen LogP contribution >= 0.6 is 0 Å². The first-order chi connectivity index (χ1) is 13.6. The Morgan fingerprint density at radius 2 is 2.00 bits per heavy atom. The van der Waals surface area contributed by atoms with Crippen LogP contribution in [0.4, 0.5) is 0 Å². The van der Waals surface area contributed by atoms with Crippen molar-refractivity contribution in [3.63, 3.8) is 0 Å². The van der Waals surface area contributed by atoms with Crippen molar-refractivity contribution in [2.24, 2.45) is 7.05 Å². The van der Waals surface area contributed by atoms with E-state index in [1.807, 2.05) is 38.2 Å². The van der Waals surface area contributed by atoms with Gasteiger partial charge in [0.1, 0.15) is 11.5 Å². The van der Waals surface area contributed by atoms with Crippen LogP contribution in [0.5, 0.6) is 0 Å². The molecule has 1 aliphatic heterocycles. The third-order valence-corrected chi connectivity index (χ3v) is 5.36. The molecule has 140 valence electrons. The van der Waals surface area contributed by atoms with Crippen LogP contribution in [0.25, 0.3) is 28.1 Å². The fourth-order valence-corrected chi connectivity index (χ4v) is 3.87. The summed E-state index contributed by atoms with van der Waals surface area (Å²) in [7, 11) is 2.05. The van der Waals surface area contributed by atoms with Crippen molar-refractivity contribution in [1.82, 2.24) is 29.6 Å². The summed E-state index contributed by atoms with van der Waals surface area (Å²) in [6, 6.07) is 11.2. The van der Waals surface area contributed by atoms with E-state index in [2.05, 4.69) is 26.1 Å². The maximum Gasteiger partial charge on any atom is 0.256 e. The van der Waals surface area contributed by atoms with Gasteiger partial charge in [0.05, 0.1) is 11.4 Å². The normalized spacial score (nSPS) is 13.6. The molecule has 4 aromatic heterocycles. The van der Waals surface area contributed by atoms with Crippen molar-refractivity contribution < 1.29 is 0 Å². The average Bonchev–Trinajstić information content (AvgIpc) is 3.01. The average molecular weight is 372 g/mol. The molecule has 0 spiro atoms. The minimum Gasteiger partial charge on any atom is -0.332 e. The molecule has 7 nitrogen and oxygen atoms in total. The van der Waals surface area contributed by atoms with Crippen molar-refractivity contribution in [2.75, 3.05) is 6.54 Å². The van der Waals surface area contributed by atoms with Crippen molar-refractivity contribution in [2.45, 2.75) is 19.9 Å². The maximum atomic E-state index is 12.8. The first-order valence-electron chi connectivity index (χ1n) is 9.33. The van der Waals surface area contributed by atoms with Crippen LogP contribution in [-0.4, -0.2) is 30.9 Å². The molecule has 5 heterocycles. The Labute approximate surface area is 161 Å². The highest BCUT2D eigenvalue weighted by atomic mass is 16.1. The Balaban J connectivity index is 1.59. The van der Waals surface area contributed by atoms with E-state index in [0.717, 1.165) is 41.8 Å². The summed E-state index contributed by atoms with van der Waals surface area (Å²) >= 11 is 0. The molecule has 0 saturated carbocycles. The first-order valence-corrected chi connectivity index (χ1v) is 9.33. The molecule has 1 aliphatic rings. The van der Waals surface area contributed by atoms with E-state index >= 15 is 0 Å². The number of rotatable bonds is 2. The fourth-order valence-electron chi connectivity index (χ4n) is 3.87. The maximum absolute atomic E-state index is 12.8. The number of hydrogen-bond donors (Lipinski definition) is 1. The van der Waals surface area contributed by atoms with Crippen molar-refractivity contribution in [1.29, 1.82) is 0 Å². The second kappa shape index (κ2) is 6.38. The Kier molecular flexibility index (Phi) is 3.84. The van der Waals surface area contributed by atoms with Crippen LogP contribution in [0.1, 0.15) is 17.0 Å². The van der Waals surface area contributed by atoms with Gasteiger partial charge in [-0.2, -0.15) is 10.2 Å². The minimum atomic E-state index is -0.146. The van der Waals surface area contributed by atoms with Gasteiger partial charge in [-0.15, -0.1) is 0 Å². The number of nitrogens with one attached hydrogen (secondary N) is 1. The lowest BCUT2D eigenvalue weighted by Crippen LogP contribution is -2.24. The van der Waals surface area contributed by atoms with Crippen molar-refractivity contribution in [3.8, 4) is 17.1 Å². The zero-order chi connectivity index (χ0) is 19.3. The van der Waals surface area contributed by atoms with Gasteiger partial charge in [0.2, 0.25) is 0 Å². The monoisotopic (exact) mass is 372 g/mol. The van der Waals surface area contributed by atoms with Gasteiger partial charge in [-0.3, -0.25) is 9.36 Å². The number of hydrogen-bond acceptors (Lipinski definition) is 5. The highest BCUT2D eigenvalue weighted by Crippen LogP contribution is 2.27. The third kappa shape index (κ3) is 2.63. The molecule has 5 rings (SSSR count). The third-order valence-electron chi connectivity index (χ3n) is 5.36. The minimum absolute atomic E-state index is 0.146. The quantitative estimate of drug-likeness (QED) is 0.583. The Hall–Kier alpha value is -3.32. The van der Waals surface area contributed by atoms with E-state index in [4.69, 9.17) is 4.98 Å². The van der Waals surface area contributed by atoms with Gasteiger partial charge >= 0.3 is 0 Å². The van der Waals surface area contributed by atoms with Crippen LogP contribution in [-0.2, 0) is 20.0 Å². The van der Waals surface area contributed by atoms with Gasteiger partial charge in [0.15, 0.2) is 0 Å². The second-order valence-electron chi connectivity index (χ2n) is 7.14. The number of fused-ring (bicyclic) bond motifs is 3. The number of nitrogens with zero attached hydrogens (tertiary/aromatic N) is 5. The fraction of sp³-hybridized carbons (Fsp3) is 0.238. The SMILES string of the molecule is Cc1ccc(-c2ccn(-c3ccc4c5c(n(C)c4n3)CCNC5)c(=O)c2)nn1. The molecule has 0 radical (unpaired) electrons. The van der Waals surface area contributed by atoms with Crippen molar-refractivity contribution in [3.05, 3.63) is 69.9 Å². The molecule has 28 heavy (non-hydrogen) atoms. The summed E-state index contributed by atoms with van der Waals surface area (Å²) in [5, 5.41) is 12.8. The molecule has 0 amide bonds. The predicted octanol–water partition coefficient (Wildman–Crippen LogP) is 2.14. The van der Waals surface area contributed by atoms with E-state index in [1.54, 1.807) is 16.8 Å². The summed E-state index contributed by atoms with van der Waals surface area (Å²) < 4.78 is 3.71. The van der Waals surface area contributed by atoms with E-state index < -0.39 is 0 Å². The van der Waals surface area contributed by atoms with Gasteiger partial charge in [-0.25, -0.2) is 4.98 Å². The van der Waals surface area contributed by atoms with Gasteiger partial charge in [0, 0.05) is 55.5 Å². The molecule has 0 aliphatic carbocycles. The molecule has 0 saturated heterocycles. The molecular formula is C21H20N6O. The van der Waals surface area contributed by atoms with Crippen molar-refractivity contribution >= 4 is 11.0 Å². The zero-order valence-corrected chi connectivity index (χ0v) is 15.8. The van der Waals surface area contributed by atoms with Crippen LogP contribution in [0, 0.1) is 6.92 Å². The lowest BCUT2D eigenvalue weighted by molar-refractivity contribution is 0.621. The predicted molar refractivity (Wildman–Crippen MR) is 107 cm³/mol. The summed E-state index contributed by atoms with van der Waals surface area (Å²) in [5.74, 6) is 0.616. The lowest BCUT2D eigenvalue weighted by Gasteiger charge is -2.14.